The smallest absolute Gasteiger partial charge is 0.0783 e. The van der Waals surface area contributed by atoms with E-state index in [0.29, 0.717) is 0 Å². The lowest BCUT2D eigenvalue weighted by Crippen LogP contribution is -2.17. The van der Waals surface area contributed by atoms with Crippen molar-refractivity contribution in [2.45, 2.75) is 5.92 Å². The fraction of sp³-hybridized carbons (Fsp3) is 0.0204. The lowest BCUT2D eigenvalue weighted by molar-refractivity contribution is 1.03. The average molecular weight is 649 g/mol. The van der Waals surface area contributed by atoms with Gasteiger partial charge in [0, 0.05) is 22.4 Å². The van der Waals surface area contributed by atoms with E-state index in [1.54, 1.807) is 0 Å². The Morgan fingerprint density at radius 3 is 1.75 bits per heavy atom. The van der Waals surface area contributed by atoms with Crippen molar-refractivity contribution in [1.82, 2.24) is 4.57 Å². The van der Waals surface area contributed by atoms with E-state index >= 15 is 0 Å². The third-order valence-electron chi connectivity index (χ3n) is 10.9. The Hall–Kier alpha value is -6.64. The van der Waals surface area contributed by atoms with Crippen LogP contribution in [0.25, 0.3) is 60.9 Å². The van der Waals surface area contributed by atoms with Gasteiger partial charge in [0.25, 0.3) is 0 Å². The number of rotatable bonds is 4. The first-order valence-corrected chi connectivity index (χ1v) is 17.7. The van der Waals surface area contributed by atoms with Gasteiger partial charge in [-0.3, -0.25) is 0 Å². The highest BCUT2D eigenvalue weighted by Gasteiger charge is 2.36. The molecule has 1 atom stereocenters. The maximum atomic E-state index is 2.52. The second-order valence-electron chi connectivity index (χ2n) is 13.7. The molecule has 1 aliphatic heterocycles. The van der Waals surface area contributed by atoms with Crippen LogP contribution in [-0.4, -0.2) is 4.57 Å². The van der Waals surface area contributed by atoms with Gasteiger partial charge in [0.1, 0.15) is 0 Å². The molecule has 51 heavy (non-hydrogen) atoms. The largest absolute Gasteiger partial charge is 0.306 e. The van der Waals surface area contributed by atoms with Crippen molar-refractivity contribution in [1.29, 1.82) is 0 Å². The Bertz CT molecular complexity index is 2740. The molecule has 0 saturated carbocycles. The Balaban J connectivity index is 1.24. The molecular weight excluding hydrogens is 617 g/mol. The third-order valence-corrected chi connectivity index (χ3v) is 10.9. The van der Waals surface area contributed by atoms with Crippen molar-refractivity contribution >= 4 is 38.9 Å². The SMILES string of the molecule is c1ccc(-c2cc(-c3ccccc3)cc(C3c4ccccc4-c4ccc5c(c43)c3cccc4c3n5-c3ccccc3N4c3ccccc3)c2)cc1. The molecule has 1 aromatic heterocycles. The molecule has 0 bridgehead atoms. The summed E-state index contributed by atoms with van der Waals surface area (Å²) in [5, 5.41) is 2.62. The van der Waals surface area contributed by atoms with Crippen LogP contribution in [-0.2, 0) is 0 Å². The molecule has 8 aromatic carbocycles. The number of hydrogen-bond acceptors (Lipinski definition) is 1. The zero-order valence-corrected chi connectivity index (χ0v) is 27.9. The number of aromatic nitrogens is 1. The third kappa shape index (κ3) is 4.11. The van der Waals surface area contributed by atoms with Gasteiger partial charge in [0.15, 0.2) is 0 Å². The Morgan fingerprint density at radius 1 is 0.412 bits per heavy atom. The van der Waals surface area contributed by atoms with Gasteiger partial charge in [-0.1, -0.05) is 146 Å². The van der Waals surface area contributed by atoms with Crippen molar-refractivity contribution in [2.24, 2.45) is 0 Å². The van der Waals surface area contributed by atoms with Gasteiger partial charge in [0.05, 0.1) is 28.1 Å². The van der Waals surface area contributed by atoms with Crippen molar-refractivity contribution < 1.29 is 0 Å². The molecule has 0 amide bonds. The van der Waals surface area contributed by atoms with Gasteiger partial charge in [-0.05, 0) is 92.5 Å². The van der Waals surface area contributed by atoms with Gasteiger partial charge < -0.3 is 9.47 Å². The van der Waals surface area contributed by atoms with E-state index in [1.807, 2.05) is 0 Å². The fourth-order valence-electron chi connectivity index (χ4n) is 8.87. The molecule has 2 heteroatoms. The van der Waals surface area contributed by atoms with Crippen molar-refractivity contribution in [3.05, 3.63) is 205 Å². The minimum atomic E-state index is 0.0648. The first kappa shape index (κ1) is 28.2. The molecule has 238 valence electrons. The first-order valence-electron chi connectivity index (χ1n) is 17.7. The summed E-state index contributed by atoms with van der Waals surface area (Å²) in [7, 11) is 0. The van der Waals surface area contributed by atoms with Crippen molar-refractivity contribution in [3.63, 3.8) is 0 Å². The Kier molecular flexibility index (Phi) is 6.05. The second kappa shape index (κ2) is 10.9. The molecule has 2 heterocycles. The summed E-state index contributed by atoms with van der Waals surface area (Å²) in [5.74, 6) is 0.0648. The zero-order valence-electron chi connectivity index (χ0n) is 27.9. The predicted molar refractivity (Wildman–Crippen MR) is 213 cm³/mol. The monoisotopic (exact) mass is 648 g/mol. The molecule has 9 aromatic rings. The summed E-state index contributed by atoms with van der Waals surface area (Å²) in [4.78, 5) is 2.43. The van der Waals surface area contributed by atoms with Crippen LogP contribution in [0.3, 0.4) is 0 Å². The number of benzene rings is 8. The zero-order chi connectivity index (χ0) is 33.5. The van der Waals surface area contributed by atoms with Gasteiger partial charge in [0.2, 0.25) is 0 Å². The molecule has 1 aliphatic carbocycles. The van der Waals surface area contributed by atoms with Gasteiger partial charge in [-0.25, -0.2) is 0 Å². The maximum absolute atomic E-state index is 2.52. The van der Waals surface area contributed by atoms with Crippen LogP contribution >= 0.6 is 0 Å². The summed E-state index contributed by atoms with van der Waals surface area (Å²) in [5.41, 5.74) is 18.9. The van der Waals surface area contributed by atoms with Crippen LogP contribution in [0.15, 0.2) is 188 Å². The van der Waals surface area contributed by atoms with Crippen molar-refractivity contribution in [2.75, 3.05) is 4.90 Å². The second-order valence-corrected chi connectivity index (χ2v) is 13.7. The molecule has 11 rings (SSSR count). The average Bonchev–Trinajstić information content (AvgIpc) is 3.73. The molecule has 0 saturated heterocycles. The van der Waals surface area contributed by atoms with Crippen LogP contribution in [0.1, 0.15) is 22.6 Å². The van der Waals surface area contributed by atoms with Crippen LogP contribution in [0.2, 0.25) is 0 Å². The minimum absolute atomic E-state index is 0.0648. The number of anilines is 3. The molecule has 0 spiro atoms. The van der Waals surface area contributed by atoms with E-state index in [2.05, 4.69) is 198 Å². The number of para-hydroxylation sites is 4. The van der Waals surface area contributed by atoms with Crippen LogP contribution < -0.4 is 4.90 Å². The maximum Gasteiger partial charge on any atom is 0.0783 e. The topological polar surface area (TPSA) is 8.17 Å². The molecule has 1 unspecified atom stereocenters. The Labute approximate surface area is 297 Å². The summed E-state index contributed by atoms with van der Waals surface area (Å²) in [6, 6.07) is 69.1. The summed E-state index contributed by atoms with van der Waals surface area (Å²) < 4.78 is 2.52. The van der Waals surface area contributed by atoms with E-state index in [-0.39, 0.29) is 5.92 Å². The Morgan fingerprint density at radius 2 is 1.02 bits per heavy atom. The highest BCUT2D eigenvalue weighted by Crippen LogP contribution is 2.56. The highest BCUT2D eigenvalue weighted by molar-refractivity contribution is 6.19. The van der Waals surface area contributed by atoms with Gasteiger partial charge >= 0.3 is 0 Å². The number of nitrogens with zero attached hydrogens (tertiary/aromatic N) is 2. The molecule has 2 nitrogen and oxygen atoms in total. The highest BCUT2D eigenvalue weighted by atomic mass is 15.2. The number of fused-ring (bicyclic) bond motifs is 9. The molecular formula is C49H32N2. The normalized spacial score (nSPS) is 14.0. The molecule has 0 fully saturated rings. The van der Waals surface area contributed by atoms with E-state index in [9.17, 15) is 0 Å². The first-order chi connectivity index (χ1) is 25.3. The van der Waals surface area contributed by atoms with E-state index in [0.717, 1.165) is 5.69 Å². The fourth-order valence-corrected chi connectivity index (χ4v) is 8.87. The van der Waals surface area contributed by atoms with Crippen LogP contribution in [0, 0.1) is 0 Å². The quantitative estimate of drug-likeness (QED) is 0.184. The van der Waals surface area contributed by atoms with E-state index in [4.69, 9.17) is 0 Å². The predicted octanol–water partition coefficient (Wildman–Crippen LogP) is 13.1. The lowest BCUT2D eigenvalue weighted by atomic mass is 9.84. The molecule has 0 radical (unpaired) electrons. The van der Waals surface area contributed by atoms with E-state index in [1.165, 1.54) is 88.9 Å². The van der Waals surface area contributed by atoms with E-state index < -0.39 is 0 Å². The van der Waals surface area contributed by atoms with Crippen LogP contribution in [0.5, 0.6) is 0 Å². The number of hydrogen-bond donors (Lipinski definition) is 0. The molecule has 2 aliphatic rings. The summed E-state index contributed by atoms with van der Waals surface area (Å²) in [6.45, 7) is 0. The molecule has 0 N–H and O–H groups in total. The van der Waals surface area contributed by atoms with Crippen molar-refractivity contribution in [3.8, 4) is 39.1 Å². The standard InChI is InChI=1S/C49H32N2/c1-4-15-32(16-5-1)34-29-35(33-17-6-2-7-18-33)31-36(30-34)46-39-22-11-10-21-38(39)40-27-28-44-47(48(40)46)41-23-14-26-45-49(41)51(44)43-25-13-12-24-42(43)50(45)37-19-8-3-9-20-37/h1-31,46H. The van der Waals surface area contributed by atoms with Gasteiger partial charge in [-0.15, -0.1) is 0 Å². The summed E-state index contributed by atoms with van der Waals surface area (Å²) >= 11 is 0. The van der Waals surface area contributed by atoms with Gasteiger partial charge in [-0.2, -0.15) is 0 Å². The minimum Gasteiger partial charge on any atom is -0.306 e. The lowest BCUT2D eigenvalue weighted by Gasteiger charge is -2.33. The van der Waals surface area contributed by atoms with Crippen LogP contribution in [0.4, 0.5) is 17.1 Å². The summed E-state index contributed by atoms with van der Waals surface area (Å²) in [6.07, 6.45) is 0.